The Hall–Kier alpha value is -1.77. The Kier molecular flexibility index (Phi) is 4.74. The normalized spacial score (nSPS) is 25.7. The molecular weight excluding hydrogens is 300 g/mol. The first-order valence-corrected chi connectivity index (χ1v) is 7.87. The Morgan fingerprint density at radius 3 is 2.87 bits per heavy atom. The van der Waals surface area contributed by atoms with Crippen molar-refractivity contribution in [2.75, 3.05) is 45.9 Å². The fourth-order valence-corrected chi connectivity index (χ4v) is 3.13. The maximum Gasteiger partial charge on any atom is 0.347 e. The lowest BCUT2D eigenvalue weighted by atomic mass is 10.0. The van der Waals surface area contributed by atoms with E-state index in [1.54, 1.807) is 17.2 Å². The van der Waals surface area contributed by atoms with E-state index < -0.39 is 11.3 Å². The topological polar surface area (TPSA) is 87.9 Å². The number of amides is 1. The molecule has 0 aromatic carbocycles. The summed E-state index contributed by atoms with van der Waals surface area (Å²) in [5.41, 5.74) is -1.32. The van der Waals surface area contributed by atoms with Gasteiger partial charge in [-0.05, 0) is 12.5 Å². The number of aromatic nitrogens is 2. The van der Waals surface area contributed by atoms with E-state index in [0.29, 0.717) is 39.3 Å². The molecule has 0 radical (unpaired) electrons. The van der Waals surface area contributed by atoms with Crippen molar-refractivity contribution >= 4 is 5.91 Å². The van der Waals surface area contributed by atoms with Crippen molar-refractivity contribution in [2.45, 2.75) is 18.6 Å². The van der Waals surface area contributed by atoms with Gasteiger partial charge < -0.3 is 14.7 Å². The Labute approximate surface area is 134 Å². The van der Waals surface area contributed by atoms with Gasteiger partial charge in [0.25, 0.3) is 0 Å². The van der Waals surface area contributed by atoms with E-state index >= 15 is 0 Å². The van der Waals surface area contributed by atoms with Gasteiger partial charge in [0.05, 0.1) is 25.4 Å². The van der Waals surface area contributed by atoms with E-state index in [9.17, 15) is 14.7 Å². The largest absolute Gasteiger partial charge is 0.387 e. The molecule has 1 aromatic heterocycles. The summed E-state index contributed by atoms with van der Waals surface area (Å²) < 4.78 is 6.59. The minimum atomic E-state index is -0.882. The lowest BCUT2D eigenvalue weighted by Crippen LogP contribution is -2.49. The van der Waals surface area contributed by atoms with Crippen LogP contribution in [0.1, 0.15) is 6.42 Å². The molecule has 3 heterocycles. The van der Waals surface area contributed by atoms with Gasteiger partial charge in [-0.2, -0.15) is 0 Å². The zero-order valence-electron chi connectivity index (χ0n) is 13.1. The van der Waals surface area contributed by atoms with E-state index in [0.717, 1.165) is 13.1 Å². The molecular formula is C15H22N4O4. The molecule has 1 amide bonds. The number of ether oxygens (including phenoxy) is 1. The molecule has 0 bridgehead atoms. The quantitative estimate of drug-likeness (QED) is 0.729. The van der Waals surface area contributed by atoms with Gasteiger partial charge in [-0.1, -0.05) is 0 Å². The van der Waals surface area contributed by atoms with Crippen molar-refractivity contribution in [1.82, 2.24) is 19.4 Å². The molecule has 8 heteroatoms. The smallest absolute Gasteiger partial charge is 0.347 e. The molecule has 0 saturated carbocycles. The molecule has 2 aliphatic rings. The van der Waals surface area contributed by atoms with Crippen LogP contribution in [0, 0.1) is 0 Å². The number of morpholine rings is 1. The first kappa shape index (κ1) is 16.1. The second-order valence-corrected chi connectivity index (χ2v) is 6.21. The van der Waals surface area contributed by atoms with Crippen molar-refractivity contribution in [3.63, 3.8) is 0 Å². The second kappa shape index (κ2) is 6.77. The first-order valence-electron chi connectivity index (χ1n) is 7.87. The number of nitrogens with zero attached hydrogens (tertiary/aromatic N) is 4. The summed E-state index contributed by atoms with van der Waals surface area (Å²) in [6.07, 6.45) is 3.50. The van der Waals surface area contributed by atoms with Gasteiger partial charge in [0.15, 0.2) is 0 Å². The number of likely N-dealkylation sites (tertiary alicyclic amines) is 1. The van der Waals surface area contributed by atoms with E-state index in [1.165, 1.54) is 10.8 Å². The number of hydrogen-bond donors (Lipinski definition) is 1. The molecule has 8 nitrogen and oxygen atoms in total. The van der Waals surface area contributed by atoms with Crippen LogP contribution in [0.4, 0.5) is 0 Å². The van der Waals surface area contributed by atoms with E-state index in [2.05, 4.69) is 9.88 Å². The summed E-state index contributed by atoms with van der Waals surface area (Å²) >= 11 is 0. The molecule has 1 aromatic rings. The average molecular weight is 322 g/mol. The molecule has 1 atom stereocenters. The average Bonchev–Trinajstić information content (AvgIpc) is 2.93. The van der Waals surface area contributed by atoms with Gasteiger partial charge in [0.1, 0.15) is 6.54 Å². The van der Waals surface area contributed by atoms with Crippen LogP contribution in [0.25, 0.3) is 0 Å². The fraction of sp³-hybridized carbons (Fsp3) is 0.667. The molecule has 3 rings (SSSR count). The number of carbonyl (C=O) groups is 1. The third-order valence-electron chi connectivity index (χ3n) is 4.39. The summed E-state index contributed by atoms with van der Waals surface area (Å²) in [5, 5.41) is 10.7. The Morgan fingerprint density at radius 1 is 1.35 bits per heavy atom. The van der Waals surface area contributed by atoms with Gasteiger partial charge >= 0.3 is 5.69 Å². The number of hydrogen-bond acceptors (Lipinski definition) is 6. The molecule has 1 N–H and O–H groups in total. The van der Waals surface area contributed by atoms with E-state index in [1.807, 2.05) is 0 Å². The van der Waals surface area contributed by atoms with Crippen LogP contribution >= 0.6 is 0 Å². The second-order valence-electron chi connectivity index (χ2n) is 6.21. The van der Waals surface area contributed by atoms with E-state index in [-0.39, 0.29) is 12.5 Å². The van der Waals surface area contributed by atoms with Crippen molar-refractivity contribution in [3.8, 4) is 0 Å². The van der Waals surface area contributed by atoms with Crippen molar-refractivity contribution < 1.29 is 14.6 Å². The zero-order valence-corrected chi connectivity index (χ0v) is 13.1. The standard InChI is InChI=1S/C15H22N4O4/c20-13(10-18-4-1-3-16-14(18)21)19-5-2-15(22,12-19)11-17-6-8-23-9-7-17/h1,3-4,22H,2,5-12H2. The number of carbonyl (C=O) groups excluding carboxylic acids is 1. The van der Waals surface area contributed by atoms with Crippen molar-refractivity contribution in [3.05, 3.63) is 28.9 Å². The van der Waals surface area contributed by atoms with Crippen LogP contribution < -0.4 is 5.69 Å². The molecule has 2 fully saturated rings. The molecule has 0 aliphatic carbocycles. The van der Waals surface area contributed by atoms with Gasteiger partial charge in [0.2, 0.25) is 5.91 Å². The lowest BCUT2D eigenvalue weighted by Gasteiger charge is -2.33. The van der Waals surface area contributed by atoms with Crippen LogP contribution in [-0.2, 0) is 16.1 Å². The van der Waals surface area contributed by atoms with Gasteiger partial charge in [-0.15, -0.1) is 0 Å². The summed E-state index contributed by atoms with van der Waals surface area (Å²) in [4.78, 5) is 31.3. The number of aliphatic hydroxyl groups is 1. The predicted octanol–water partition coefficient (Wildman–Crippen LogP) is -1.46. The monoisotopic (exact) mass is 322 g/mol. The Bertz CT molecular complexity index is 613. The molecule has 2 aliphatic heterocycles. The van der Waals surface area contributed by atoms with Crippen LogP contribution in [-0.4, -0.2) is 81.9 Å². The third kappa shape index (κ3) is 3.95. The minimum absolute atomic E-state index is 0.0414. The first-order chi connectivity index (χ1) is 11.1. The Morgan fingerprint density at radius 2 is 2.13 bits per heavy atom. The molecule has 1 unspecified atom stereocenters. The van der Waals surface area contributed by atoms with Gasteiger partial charge in [-0.25, -0.2) is 9.78 Å². The van der Waals surface area contributed by atoms with Crippen LogP contribution in [0.15, 0.2) is 23.3 Å². The van der Waals surface area contributed by atoms with Crippen molar-refractivity contribution in [2.24, 2.45) is 0 Å². The Balaban J connectivity index is 1.57. The van der Waals surface area contributed by atoms with Crippen LogP contribution in [0.2, 0.25) is 0 Å². The molecule has 2 saturated heterocycles. The SMILES string of the molecule is O=C(Cn1cccnc1=O)N1CCC(O)(CN2CCOCC2)C1. The predicted molar refractivity (Wildman–Crippen MR) is 81.9 cm³/mol. The third-order valence-corrected chi connectivity index (χ3v) is 4.39. The van der Waals surface area contributed by atoms with Gasteiger partial charge in [-0.3, -0.25) is 14.3 Å². The highest BCUT2D eigenvalue weighted by Gasteiger charge is 2.39. The highest BCUT2D eigenvalue weighted by molar-refractivity contribution is 5.76. The fourth-order valence-electron chi connectivity index (χ4n) is 3.13. The maximum absolute atomic E-state index is 12.3. The summed E-state index contributed by atoms with van der Waals surface area (Å²) in [7, 11) is 0. The van der Waals surface area contributed by atoms with Crippen LogP contribution in [0.3, 0.4) is 0 Å². The summed E-state index contributed by atoms with van der Waals surface area (Å²) in [5.74, 6) is -0.169. The lowest BCUT2D eigenvalue weighted by molar-refractivity contribution is -0.132. The molecule has 23 heavy (non-hydrogen) atoms. The maximum atomic E-state index is 12.3. The summed E-state index contributed by atoms with van der Waals surface area (Å²) in [6, 6.07) is 1.62. The summed E-state index contributed by atoms with van der Waals surface area (Å²) in [6.45, 7) is 4.30. The zero-order chi connectivity index (χ0) is 16.3. The van der Waals surface area contributed by atoms with Crippen molar-refractivity contribution in [1.29, 1.82) is 0 Å². The van der Waals surface area contributed by atoms with Gasteiger partial charge in [0, 0.05) is 38.6 Å². The molecule has 0 spiro atoms. The highest BCUT2D eigenvalue weighted by atomic mass is 16.5. The van der Waals surface area contributed by atoms with E-state index in [4.69, 9.17) is 4.74 Å². The highest BCUT2D eigenvalue weighted by Crippen LogP contribution is 2.23. The number of β-amino-alcohol motifs (C(OH)–C–C–N with tert-alkyl or cyclic N) is 1. The number of rotatable bonds is 4. The molecule has 126 valence electrons. The van der Waals surface area contributed by atoms with Crippen LogP contribution in [0.5, 0.6) is 0 Å². The minimum Gasteiger partial charge on any atom is -0.387 e.